The van der Waals surface area contributed by atoms with Crippen LogP contribution in [0.3, 0.4) is 0 Å². The Balaban J connectivity index is 2.37. The number of nitrogens with two attached hydrogens (primary N) is 1. The summed E-state index contributed by atoms with van der Waals surface area (Å²) in [5.41, 5.74) is 5.70. The summed E-state index contributed by atoms with van der Waals surface area (Å²) in [6.45, 7) is 5.29. The average molecular weight is 195 g/mol. The first kappa shape index (κ1) is 11.2. The monoisotopic (exact) mass is 195 g/mol. The number of hydrogen-bond acceptors (Lipinski definition) is 2. The molecule has 0 fully saturated rings. The van der Waals surface area contributed by atoms with Gasteiger partial charge in [-0.1, -0.05) is 6.92 Å². The highest BCUT2D eigenvalue weighted by Crippen LogP contribution is 2.04. The summed E-state index contributed by atoms with van der Waals surface area (Å²) in [7, 11) is 0. The number of rotatable bonds is 6. The van der Waals surface area contributed by atoms with Crippen molar-refractivity contribution in [3.05, 3.63) is 18.2 Å². The van der Waals surface area contributed by atoms with E-state index in [2.05, 4.69) is 29.6 Å². The maximum absolute atomic E-state index is 5.70. The van der Waals surface area contributed by atoms with Crippen LogP contribution in [0, 0.1) is 0 Å². The Hall–Kier alpha value is -0.830. The first-order valence-corrected chi connectivity index (χ1v) is 5.49. The minimum atomic E-state index is 0.313. The highest BCUT2D eigenvalue weighted by Gasteiger charge is 2.01. The molecule has 0 aliphatic heterocycles. The molecule has 3 nitrogen and oxygen atoms in total. The van der Waals surface area contributed by atoms with Gasteiger partial charge in [-0.05, 0) is 26.2 Å². The molecule has 0 spiro atoms. The molecular formula is C11H21N3. The van der Waals surface area contributed by atoms with E-state index in [-0.39, 0.29) is 0 Å². The van der Waals surface area contributed by atoms with Gasteiger partial charge in [0.25, 0.3) is 0 Å². The topological polar surface area (TPSA) is 43.8 Å². The molecule has 0 amide bonds. The van der Waals surface area contributed by atoms with Gasteiger partial charge in [-0.2, -0.15) is 0 Å². The molecule has 1 aromatic heterocycles. The second-order valence-corrected chi connectivity index (χ2v) is 3.91. The zero-order valence-electron chi connectivity index (χ0n) is 9.24. The van der Waals surface area contributed by atoms with Crippen molar-refractivity contribution in [2.75, 3.05) is 0 Å². The van der Waals surface area contributed by atoms with E-state index in [1.165, 1.54) is 5.82 Å². The van der Waals surface area contributed by atoms with Gasteiger partial charge in [0, 0.05) is 31.4 Å². The van der Waals surface area contributed by atoms with Gasteiger partial charge < -0.3 is 10.3 Å². The van der Waals surface area contributed by atoms with Crippen LogP contribution in [0.4, 0.5) is 0 Å². The lowest BCUT2D eigenvalue weighted by Crippen LogP contribution is -2.15. The molecule has 1 unspecified atom stereocenters. The van der Waals surface area contributed by atoms with Crippen LogP contribution in [0.15, 0.2) is 12.4 Å². The predicted molar refractivity (Wildman–Crippen MR) is 59.1 cm³/mol. The Morgan fingerprint density at radius 1 is 1.57 bits per heavy atom. The van der Waals surface area contributed by atoms with Crippen LogP contribution in [-0.4, -0.2) is 15.6 Å². The van der Waals surface area contributed by atoms with Gasteiger partial charge in [-0.3, -0.25) is 0 Å². The van der Waals surface area contributed by atoms with E-state index >= 15 is 0 Å². The Bertz CT molecular complexity index is 253. The molecule has 1 atom stereocenters. The van der Waals surface area contributed by atoms with Crippen LogP contribution in [0.5, 0.6) is 0 Å². The van der Waals surface area contributed by atoms with Gasteiger partial charge in [0.05, 0.1) is 0 Å². The maximum atomic E-state index is 5.70. The molecule has 80 valence electrons. The van der Waals surface area contributed by atoms with Gasteiger partial charge in [-0.25, -0.2) is 4.98 Å². The molecule has 3 heteroatoms. The summed E-state index contributed by atoms with van der Waals surface area (Å²) in [6, 6.07) is 0.313. The molecule has 0 bridgehead atoms. The standard InChI is InChI=1S/C11H21N3/c1-3-5-11-13-7-9-14(11)8-4-6-10(2)12/h7,9-10H,3-6,8,12H2,1-2H3. The smallest absolute Gasteiger partial charge is 0.108 e. The van der Waals surface area contributed by atoms with Gasteiger partial charge in [-0.15, -0.1) is 0 Å². The lowest BCUT2D eigenvalue weighted by Gasteiger charge is -2.08. The molecule has 0 saturated carbocycles. The molecule has 1 heterocycles. The summed E-state index contributed by atoms with van der Waals surface area (Å²) in [4.78, 5) is 4.34. The first-order chi connectivity index (χ1) is 6.74. The summed E-state index contributed by atoms with van der Waals surface area (Å²) in [5.74, 6) is 1.21. The van der Waals surface area contributed by atoms with Crippen LogP contribution in [0.2, 0.25) is 0 Å². The summed E-state index contributed by atoms with van der Waals surface area (Å²) < 4.78 is 2.24. The van der Waals surface area contributed by atoms with Gasteiger partial charge >= 0.3 is 0 Å². The molecule has 0 radical (unpaired) electrons. The molecule has 2 N–H and O–H groups in total. The summed E-state index contributed by atoms with van der Waals surface area (Å²) in [6.07, 6.45) is 8.41. The lowest BCUT2D eigenvalue weighted by atomic mass is 10.2. The zero-order chi connectivity index (χ0) is 10.4. The minimum absolute atomic E-state index is 0.313. The van der Waals surface area contributed by atoms with E-state index in [0.717, 1.165) is 32.2 Å². The third-order valence-corrected chi connectivity index (χ3v) is 2.33. The van der Waals surface area contributed by atoms with Gasteiger partial charge in [0.1, 0.15) is 5.82 Å². The van der Waals surface area contributed by atoms with Crippen molar-refractivity contribution < 1.29 is 0 Å². The van der Waals surface area contributed by atoms with E-state index in [9.17, 15) is 0 Å². The second-order valence-electron chi connectivity index (χ2n) is 3.91. The number of nitrogens with zero attached hydrogens (tertiary/aromatic N) is 2. The van der Waals surface area contributed by atoms with Crippen LogP contribution in [-0.2, 0) is 13.0 Å². The largest absolute Gasteiger partial charge is 0.335 e. The fourth-order valence-corrected chi connectivity index (χ4v) is 1.58. The van der Waals surface area contributed by atoms with Crippen molar-refractivity contribution in [1.82, 2.24) is 9.55 Å². The van der Waals surface area contributed by atoms with Crippen LogP contribution >= 0.6 is 0 Å². The summed E-state index contributed by atoms with van der Waals surface area (Å²) >= 11 is 0. The van der Waals surface area contributed by atoms with E-state index in [4.69, 9.17) is 5.73 Å². The molecule has 1 aromatic rings. The average Bonchev–Trinajstić information content (AvgIpc) is 2.53. The fraction of sp³-hybridized carbons (Fsp3) is 0.727. The SMILES string of the molecule is CCCc1nccn1CCCC(C)N. The molecule has 0 aliphatic carbocycles. The van der Waals surface area contributed by atoms with E-state index in [0.29, 0.717) is 6.04 Å². The molecular weight excluding hydrogens is 174 g/mol. The number of aryl methyl sites for hydroxylation is 2. The normalized spacial score (nSPS) is 13.1. The van der Waals surface area contributed by atoms with Crippen LogP contribution in [0.1, 0.15) is 38.9 Å². The quantitative estimate of drug-likeness (QED) is 0.754. The lowest BCUT2D eigenvalue weighted by molar-refractivity contribution is 0.543. The van der Waals surface area contributed by atoms with Crippen molar-refractivity contribution >= 4 is 0 Å². The Labute approximate surface area is 86.3 Å². The molecule has 0 aliphatic rings. The van der Waals surface area contributed by atoms with Gasteiger partial charge in [0.15, 0.2) is 0 Å². The Morgan fingerprint density at radius 2 is 2.36 bits per heavy atom. The fourth-order valence-electron chi connectivity index (χ4n) is 1.58. The van der Waals surface area contributed by atoms with Crippen LogP contribution in [0.25, 0.3) is 0 Å². The second kappa shape index (κ2) is 5.81. The minimum Gasteiger partial charge on any atom is -0.335 e. The molecule has 0 saturated heterocycles. The van der Waals surface area contributed by atoms with E-state index < -0.39 is 0 Å². The predicted octanol–water partition coefficient (Wildman–Crippen LogP) is 1.96. The van der Waals surface area contributed by atoms with Crippen molar-refractivity contribution in [3.63, 3.8) is 0 Å². The number of imidazole rings is 1. The number of aromatic nitrogens is 2. The van der Waals surface area contributed by atoms with Crippen molar-refractivity contribution in [2.24, 2.45) is 5.73 Å². The molecule has 14 heavy (non-hydrogen) atoms. The number of hydrogen-bond donors (Lipinski definition) is 1. The third kappa shape index (κ3) is 3.50. The molecule has 1 rings (SSSR count). The van der Waals surface area contributed by atoms with Crippen molar-refractivity contribution in [2.45, 2.75) is 52.1 Å². The first-order valence-electron chi connectivity index (χ1n) is 5.49. The third-order valence-electron chi connectivity index (χ3n) is 2.33. The van der Waals surface area contributed by atoms with Crippen molar-refractivity contribution in [3.8, 4) is 0 Å². The van der Waals surface area contributed by atoms with Crippen LogP contribution < -0.4 is 5.73 Å². The van der Waals surface area contributed by atoms with E-state index in [1.54, 1.807) is 0 Å². The van der Waals surface area contributed by atoms with E-state index in [1.807, 2.05) is 6.20 Å². The highest BCUT2D eigenvalue weighted by molar-refractivity contribution is 4.92. The summed E-state index contributed by atoms with van der Waals surface area (Å²) in [5, 5.41) is 0. The molecule has 0 aromatic carbocycles. The van der Waals surface area contributed by atoms with Crippen molar-refractivity contribution in [1.29, 1.82) is 0 Å². The zero-order valence-corrected chi connectivity index (χ0v) is 9.24. The maximum Gasteiger partial charge on any atom is 0.108 e. The Kier molecular flexibility index (Phi) is 4.66. The van der Waals surface area contributed by atoms with Gasteiger partial charge in [0.2, 0.25) is 0 Å². The Morgan fingerprint density at radius 3 is 3.00 bits per heavy atom. The highest BCUT2D eigenvalue weighted by atomic mass is 15.1.